The van der Waals surface area contributed by atoms with Gasteiger partial charge >= 0.3 is 0 Å². The van der Waals surface area contributed by atoms with Crippen molar-refractivity contribution in [1.29, 1.82) is 0 Å². The van der Waals surface area contributed by atoms with Crippen molar-refractivity contribution in [2.24, 2.45) is 0 Å². The molecule has 0 amide bonds. The number of Topliss-reactive ketones (excluding diaryl/α,β-unsaturated/α-hetero) is 2. The second-order valence-corrected chi connectivity index (χ2v) is 5.68. The van der Waals surface area contributed by atoms with Crippen molar-refractivity contribution in [2.45, 2.75) is 18.8 Å². The van der Waals surface area contributed by atoms with Gasteiger partial charge in [-0.15, -0.1) is 0 Å². The normalized spacial score (nSPS) is 19.0. The highest BCUT2D eigenvalue weighted by Crippen LogP contribution is 2.31. The van der Waals surface area contributed by atoms with Crippen LogP contribution >= 0.6 is 0 Å². The van der Waals surface area contributed by atoms with E-state index < -0.39 is 0 Å². The Bertz CT molecular complexity index is 515. The number of hydrogen-bond acceptors (Lipinski definition) is 4. The quantitative estimate of drug-likeness (QED) is 0.509. The molecule has 4 nitrogen and oxygen atoms in total. The molecular formula is C17H22N2O2. The molecule has 0 spiro atoms. The standard InChI is InChI=1S/C17H22N2O2/c1-19(2)9-8-18-12-15-16(20)10-14(11-17(15)21)13-6-4-3-5-7-13/h3-7,12,14,18H,8-11H2,1-2H3. The van der Waals surface area contributed by atoms with Crippen LogP contribution in [0.2, 0.25) is 0 Å². The summed E-state index contributed by atoms with van der Waals surface area (Å²) in [7, 11) is 3.96. The third-order valence-corrected chi connectivity index (χ3v) is 3.69. The Kier molecular flexibility index (Phi) is 5.28. The summed E-state index contributed by atoms with van der Waals surface area (Å²) in [6.07, 6.45) is 2.42. The van der Waals surface area contributed by atoms with Gasteiger partial charge in [-0.2, -0.15) is 0 Å². The van der Waals surface area contributed by atoms with Gasteiger partial charge in [0.05, 0.1) is 5.57 Å². The second-order valence-electron chi connectivity index (χ2n) is 5.68. The minimum Gasteiger partial charge on any atom is -0.389 e. The van der Waals surface area contributed by atoms with E-state index in [4.69, 9.17) is 0 Å². The first-order valence-corrected chi connectivity index (χ1v) is 7.27. The molecular weight excluding hydrogens is 264 g/mol. The Hall–Kier alpha value is -1.94. The van der Waals surface area contributed by atoms with Crippen LogP contribution in [0.5, 0.6) is 0 Å². The number of nitrogens with one attached hydrogen (secondary N) is 1. The predicted octanol–water partition coefficient (Wildman–Crippen LogP) is 1.74. The summed E-state index contributed by atoms with van der Waals surface area (Å²) >= 11 is 0. The summed E-state index contributed by atoms with van der Waals surface area (Å²) in [6.45, 7) is 1.58. The number of rotatable bonds is 5. The van der Waals surface area contributed by atoms with Crippen LogP contribution in [-0.2, 0) is 9.59 Å². The Morgan fingerprint density at radius 3 is 2.33 bits per heavy atom. The van der Waals surface area contributed by atoms with Crippen LogP contribution in [0.25, 0.3) is 0 Å². The van der Waals surface area contributed by atoms with Crippen LogP contribution in [-0.4, -0.2) is 43.7 Å². The Morgan fingerprint density at radius 2 is 1.76 bits per heavy atom. The fraction of sp³-hybridized carbons (Fsp3) is 0.412. The Morgan fingerprint density at radius 1 is 1.14 bits per heavy atom. The molecule has 1 N–H and O–H groups in total. The average Bonchev–Trinajstić information content (AvgIpc) is 2.46. The molecule has 0 saturated heterocycles. The monoisotopic (exact) mass is 286 g/mol. The smallest absolute Gasteiger partial charge is 0.168 e. The van der Waals surface area contributed by atoms with Gasteiger partial charge in [-0.25, -0.2) is 0 Å². The van der Waals surface area contributed by atoms with E-state index in [2.05, 4.69) is 5.32 Å². The molecule has 21 heavy (non-hydrogen) atoms. The molecule has 112 valence electrons. The molecule has 1 aliphatic carbocycles. The Balaban J connectivity index is 1.98. The average molecular weight is 286 g/mol. The van der Waals surface area contributed by atoms with E-state index in [1.54, 1.807) is 6.20 Å². The van der Waals surface area contributed by atoms with Crippen LogP contribution in [0.15, 0.2) is 42.1 Å². The Labute approximate surface area is 125 Å². The summed E-state index contributed by atoms with van der Waals surface area (Å²) in [5.41, 5.74) is 1.39. The van der Waals surface area contributed by atoms with Crippen molar-refractivity contribution in [3.8, 4) is 0 Å². The number of ketones is 2. The number of hydrogen-bond donors (Lipinski definition) is 1. The molecule has 0 radical (unpaired) electrons. The van der Waals surface area contributed by atoms with E-state index in [1.165, 1.54) is 0 Å². The van der Waals surface area contributed by atoms with E-state index >= 15 is 0 Å². The predicted molar refractivity (Wildman–Crippen MR) is 83.1 cm³/mol. The van der Waals surface area contributed by atoms with Gasteiger partial charge in [0.15, 0.2) is 11.6 Å². The SMILES string of the molecule is CN(C)CCNC=C1C(=O)CC(c2ccccc2)CC1=O. The molecule has 0 unspecified atom stereocenters. The molecule has 0 bridgehead atoms. The van der Waals surface area contributed by atoms with Gasteiger partial charge in [0.1, 0.15) is 0 Å². The third kappa shape index (κ3) is 4.26. The third-order valence-electron chi connectivity index (χ3n) is 3.69. The fourth-order valence-electron chi connectivity index (χ4n) is 2.48. The molecule has 0 aromatic heterocycles. The van der Waals surface area contributed by atoms with Crippen molar-refractivity contribution in [2.75, 3.05) is 27.2 Å². The lowest BCUT2D eigenvalue weighted by molar-refractivity contribution is -0.124. The van der Waals surface area contributed by atoms with E-state index in [9.17, 15) is 9.59 Å². The molecule has 1 fully saturated rings. The van der Waals surface area contributed by atoms with Crippen molar-refractivity contribution >= 4 is 11.6 Å². The highest BCUT2D eigenvalue weighted by atomic mass is 16.1. The lowest BCUT2D eigenvalue weighted by atomic mass is 9.80. The van der Waals surface area contributed by atoms with Gasteiger partial charge in [0, 0.05) is 32.1 Å². The minimum absolute atomic E-state index is 0.0186. The molecule has 0 heterocycles. The van der Waals surface area contributed by atoms with Gasteiger partial charge < -0.3 is 10.2 Å². The number of likely N-dealkylation sites (N-methyl/N-ethyl adjacent to an activating group) is 1. The first kappa shape index (κ1) is 15.4. The van der Waals surface area contributed by atoms with Gasteiger partial charge in [-0.1, -0.05) is 30.3 Å². The molecule has 1 aromatic carbocycles. The molecule has 1 aliphatic rings. The molecule has 1 saturated carbocycles. The molecule has 0 aliphatic heterocycles. The van der Waals surface area contributed by atoms with Crippen LogP contribution in [0.3, 0.4) is 0 Å². The van der Waals surface area contributed by atoms with E-state index in [-0.39, 0.29) is 17.5 Å². The largest absolute Gasteiger partial charge is 0.389 e. The zero-order valence-electron chi connectivity index (χ0n) is 12.6. The number of nitrogens with zero attached hydrogens (tertiary/aromatic N) is 1. The van der Waals surface area contributed by atoms with E-state index in [0.29, 0.717) is 18.4 Å². The lowest BCUT2D eigenvalue weighted by Crippen LogP contribution is -2.28. The van der Waals surface area contributed by atoms with Crippen LogP contribution < -0.4 is 5.32 Å². The molecule has 2 rings (SSSR count). The topological polar surface area (TPSA) is 49.4 Å². The number of benzene rings is 1. The van der Waals surface area contributed by atoms with Crippen molar-refractivity contribution < 1.29 is 9.59 Å². The number of carbonyl (C=O) groups is 2. The first-order valence-electron chi connectivity index (χ1n) is 7.27. The van der Waals surface area contributed by atoms with Crippen molar-refractivity contribution in [3.05, 3.63) is 47.7 Å². The molecule has 4 heteroatoms. The zero-order chi connectivity index (χ0) is 15.2. The number of carbonyl (C=O) groups excluding carboxylic acids is 2. The van der Waals surface area contributed by atoms with Crippen molar-refractivity contribution in [1.82, 2.24) is 10.2 Å². The van der Waals surface area contributed by atoms with Gasteiger partial charge in [-0.05, 0) is 25.6 Å². The van der Waals surface area contributed by atoms with Crippen LogP contribution in [0, 0.1) is 0 Å². The second kappa shape index (κ2) is 7.18. The van der Waals surface area contributed by atoms with E-state index in [0.717, 1.165) is 18.7 Å². The highest BCUT2D eigenvalue weighted by molar-refractivity contribution is 6.22. The lowest BCUT2D eigenvalue weighted by Gasteiger charge is -2.22. The summed E-state index contributed by atoms with van der Waals surface area (Å²) < 4.78 is 0. The maximum atomic E-state index is 12.2. The maximum absolute atomic E-state index is 12.2. The molecule has 1 aromatic rings. The van der Waals surface area contributed by atoms with E-state index in [1.807, 2.05) is 49.3 Å². The summed E-state index contributed by atoms with van der Waals surface area (Å²) in [6, 6.07) is 9.79. The van der Waals surface area contributed by atoms with Crippen LogP contribution in [0.4, 0.5) is 0 Å². The minimum atomic E-state index is -0.0579. The zero-order valence-corrected chi connectivity index (χ0v) is 12.6. The van der Waals surface area contributed by atoms with Gasteiger partial charge in [-0.3, -0.25) is 9.59 Å². The highest BCUT2D eigenvalue weighted by Gasteiger charge is 2.31. The summed E-state index contributed by atoms with van der Waals surface area (Å²) in [5, 5.41) is 3.06. The summed E-state index contributed by atoms with van der Waals surface area (Å²) in [4.78, 5) is 26.4. The number of allylic oxidation sites excluding steroid dienone is 1. The first-order chi connectivity index (χ1) is 10.1. The van der Waals surface area contributed by atoms with Gasteiger partial charge in [0.2, 0.25) is 0 Å². The molecule has 0 atom stereocenters. The van der Waals surface area contributed by atoms with Gasteiger partial charge in [0.25, 0.3) is 0 Å². The van der Waals surface area contributed by atoms with Crippen LogP contribution in [0.1, 0.15) is 24.3 Å². The van der Waals surface area contributed by atoms with Crippen molar-refractivity contribution in [3.63, 3.8) is 0 Å². The summed E-state index contributed by atoms with van der Waals surface area (Å²) in [5.74, 6) is -0.0972. The fourth-order valence-corrected chi connectivity index (χ4v) is 2.48. The maximum Gasteiger partial charge on any atom is 0.168 e.